The Kier molecular flexibility index (Phi) is 8.10. The molecule has 0 saturated heterocycles. The highest BCUT2D eigenvalue weighted by Crippen LogP contribution is 2.32. The summed E-state index contributed by atoms with van der Waals surface area (Å²) in [6.45, 7) is 6.42. The molecule has 170 valence electrons. The lowest BCUT2D eigenvalue weighted by molar-refractivity contribution is -0.123. The summed E-state index contributed by atoms with van der Waals surface area (Å²) < 4.78 is 17.2. The van der Waals surface area contributed by atoms with Crippen molar-refractivity contribution in [2.75, 3.05) is 13.4 Å². The van der Waals surface area contributed by atoms with E-state index in [4.69, 9.17) is 14.2 Å². The Morgan fingerprint density at radius 2 is 1.97 bits per heavy atom. The molecule has 0 radical (unpaired) electrons. The van der Waals surface area contributed by atoms with Crippen molar-refractivity contribution in [3.05, 3.63) is 52.0 Å². The van der Waals surface area contributed by atoms with Crippen molar-refractivity contribution >= 4 is 34.0 Å². The Labute approximate surface area is 195 Å². The van der Waals surface area contributed by atoms with Gasteiger partial charge in [-0.15, -0.1) is 0 Å². The third-order valence-electron chi connectivity index (χ3n) is 4.68. The van der Waals surface area contributed by atoms with Crippen LogP contribution >= 0.6 is 15.9 Å². The zero-order valence-electron chi connectivity index (χ0n) is 18.2. The SMILES string of the molecule is CCCOc1ccc(Br)cc1C=NNC(=O)C(NC(=O)c1ccc2c(c1)OCO2)C(C)C. The number of benzene rings is 2. The maximum atomic E-state index is 12.7. The van der Waals surface area contributed by atoms with E-state index < -0.39 is 11.9 Å². The zero-order valence-corrected chi connectivity index (χ0v) is 19.8. The molecule has 2 amide bonds. The van der Waals surface area contributed by atoms with Crippen molar-refractivity contribution in [3.63, 3.8) is 0 Å². The van der Waals surface area contributed by atoms with Gasteiger partial charge in [-0.05, 0) is 48.7 Å². The largest absolute Gasteiger partial charge is 0.493 e. The minimum absolute atomic E-state index is 0.124. The molecule has 0 spiro atoms. The molecule has 1 aliphatic rings. The van der Waals surface area contributed by atoms with Gasteiger partial charge in [0.25, 0.3) is 11.8 Å². The van der Waals surface area contributed by atoms with Gasteiger partial charge in [0.15, 0.2) is 11.5 Å². The van der Waals surface area contributed by atoms with E-state index in [0.29, 0.717) is 29.4 Å². The summed E-state index contributed by atoms with van der Waals surface area (Å²) in [4.78, 5) is 25.4. The van der Waals surface area contributed by atoms with Gasteiger partial charge in [0.2, 0.25) is 6.79 Å². The third kappa shape index (κ3) is 6.00. The van der Waals surface area contributed by atoms with E-state index >= 15 is 0 Å². The van der Waals surface area contributed by atoms with E-state index in [1.54, 1.807) is 18.2 Å². The van der Waals surface area contributed by atoms with Gasteiger partial charge < -0.3 is 19.5 Å². The summed E-state index contributed by atoms with van der Waals surface area (Å²) in [6.07, 6.45) is 2.40. The second-order valence-corrected chi connectivity index (χ2v) is 8.44. The van der Waals surface area contributed by atoms with Crippen molar-refractivity contribution in [1.29, 1.82) is 0 Å². The van der Waals surface area contributed by atoms with Gasteiger partial charge >= 0.3 is 0 Å². The molecule has 1 unspecified atom stereocenters. The topological polar surface area (TPSA) is 98.2 Å². The highest BCUT2D eigenvalue weighted by Gasteiger charge is 2.25. The summed E-state index contributed by atoms with van der Waals surface area (Å²) in [7, 11) is 0. The summed E-state index contributed by atoms with van der Waals surface area (Å²) in [6, 6.07) is 9.68. The Morgan fingerprint density at radius 1 is 1.19 bits per heavy atom. The minimum Gasteiger partial charge on any atom is -0.493 e. The lowest BCUT2D eigenvalue weighted by Gasteiger charge is -2.20. The molecule has 0 fully saturated rings. The number of rotatable bonds is 9. The number of carbonyl (C=O) groups excluding carboxylic acids is 2. The van der Waals surface area contributed by atoms with Crippen LogP contribution in [-0.2, 0) is 4.79 Å². The molecule has 2 aromatic carbocycles. The molecule has 2 N–H and O–H groups in total. The lowest BCUT2D eigenvalue weighted by Crippen LogP contribution is -2.48. The second-order valence-electron chi connectivity index (χ2n) is 7.53. The molecule has 0 aliphatic carbocycles. The van der Waals surface area contributed by atoms with E-state index in [9.17, 15) is 9.59 Å². The van der Waals surface area contributed by atoms with Crippen LogP contribution in [0.25, 0.3) is 0 Å². The van der Waals surface area contributed by atoms with Crippen LogP contribution in [0.3, 0.4) is 0 Å². The molecule has 3 rings (SSSR count). The fourth-order valence-electron chi connectivity index (χ4n) is 3.00. The Bertz CT molecular complexity index is 1010. The average Bonchev–Trinajstić information content (AvgIpc) is 3.24. The van der Waals surface area contributed by atoms with Crippen molar-refractivity contribution < 1.29 is 23.8 Å². The molecule has 0 aromatic heterocycles. The molecule has 9 heteroatoms. The number of nitrogens with zero attached hydrogens (tertiary/aromatic N) is 1. The lowest BCUT2D eigenvalue weighted by atomic mass is 10.0. The number of fused-ring (bicyclic) bond motifs is 1. The number of carbonyl (C=O) groups is 2. The summed E-state index contributed by atoms with van der Waals surface area (Å²) in [5, 5.41) is 6.84. The Balaban J connectivity index is 1.65. The summed E-state index contributed by atoms with van der Waals surface area (Å²) in [5.74, 6) is 0.800. The number of ether oxygens (including phenoxy) is 3. The zero-order chi connectivity index (χ0) is 23.1. The molecule has 32 heavy (non-hydrogen) atoms. The molecule has 0 saturated carbocycles. The van der Waals surface area contributed by atoms with Gasteiger partial charge in [0.05, 0.1) is 12.8 Å². The number of halogens is 1. The van der Waals surface area contributed by atoms with Crippen molar-refractivity contribution in [3.8, 4) is 17.2 Å². The van der Waals surface area contributed by atoms with Crippen LogP contribution in [-0.4, -0.2) is 37.5 Å². The number of hydrazone groups is 1. The van der Waals surface area contributed by atoms with E-state index in [1.807, 2.05) is 39.0 Å². The second kappa shape index (κ2) is 11.0. The minimum atomic E-state index is -0.775. The summed E-state index contributed by atoms with van der Waals surface area (Å²) >= 11 is 3.43. The standard InChI is InChI=1S/C23H26BrN3O5/c1-4-9-30-18-8-6-17(24)10-16(18)12-25-27-23(29)21(14(2)3)26-22(28)15-5-7-19-20(11-15)32-13-31-19/h5-8,10-12,14,21H,4,9,13H2,1-3H3,(H,26,28)(H,27,29). The van der Waals surface area contributed by atoms with E-state index in [-0.39, 0.29) is 18.6 Å². The number of nitrogens with one attached hydrogen (secondary N) is 2. The predicted molar refractivity (Wildman–Crippen MR) is 124 cm³/mol. The predicted octanol–water partition coefficient (Wildman–Crippen LogP) is 3.87. The van der Waals surface area contributed by atoms with E-state index in [2.05, 4.69) is 31.8 Å². The first-order valence-corrected chi connectivity index (χ1v) is 11.1. The van der Waals surface area contributed by atoms with Crippen molar-refractivity contribution in [1.82, 2.24) is 10.7 Å². The van der Waals surface area contributed by atoms with Gasteiger partial charge in [0.1, 0.15) is 11.8 Å². The van der Waals surface area contributed by atoms with Crippen LogP contribution in [0.2, 0.25) is 0 Å². The van der Waals surface area contributed by atoms with Crippen LogP contribution in [0.1, 0.15) is 43.1 Å². The first kappa shape index (κ1) is 23.6. The number of hydrogen-bond donors (Lipinski definition) is 2. The Morgan fingerprint density at radius 3 is 2.72 bits per heavy atom. The highest BCUT2D eigenvalue weighted by atomic mass is 79.9. The maximum absolute atomic E-state index is 12.7. The van der Waals surface area contributed by atoms with Gasteiger partial charge in [-0.3, -0.25) is 9.59 Å². The fraction of sp³-hybridized carbons (Fsp3) is 0.348. The molecule has 1 aliphatic heterocycles. The molecular weight excluding hydrogens is 478 g/mol. The van der Waals surface area contributed by atoms with Gasteiger partial charge in [-0.1, -0.05) is 36.7 Å². The van der Waals surface area contributed by atoms with Crippen LogP contribution in [0.5, 0.6) is 17.2 Å². The maximum Gasteiger partial charge on any atom is 0.262 e. The van der Waals surface area contributed by atoms with Crippen molar-refractivity contribution in [2.45, 2.75) is 33.2 Å². The van der Waals surface area contributed by atoms with E-state index in [0.717, 1.165) is 16.5 Å². The monoisotopic (exact) mass is 503 g/mol. The van der Waals surface area contributed by atoms with Crippen molar-refractivity contribution in [2.24, 2.45) is 11.0 Å². The normalized spacial score (nSPS) is 13.3. The third-order valence-corrected chi connectivity index (χ3v) is 5.18. The molecule has 0 bridgehead atoms. The first-order chi connectivity index (χ1) is 15.4. The summed E-state index contributed by atoms with van der Waals surface area (Å²) in [5.41, 5.74) is 3.61. The Hall–Kier alpha value is -3.07. The quantitative estimate of drug-likeness (QED) is 0.399. The fourth-order valence-corrected chi connectivity index (χ4v) is 3.37. The molecule has 2 aromatic rings. The van der Waals surface area contributed by atoms with E-state index in [1.165, 1.54) is 6.21 Å². The average molecular weight is 504 g/mol. The van der Waals surface area contributed by atoms with Crippen LogP contribution in [0, 0.1) is 5.92 Å². The van der Waals surface area contributed by atoms with Crippen LogP contribution < -0.4 is 25.0 Å². The number of hydrogen-bond acceptors (Lipinski definition) is 6. The molecule has 1 atom stereocenters. The molecule has 8 nitrogen and oxygen atoms in total. The smallest absolute Gasteiger partial charge is 0.262 e. The van der Waals surface area contributed by atoms with Crippen LogP contribution in [0.15, 0.2) is 46.0 Å². The molecule has 1 heterocycles. The van der Waals surface area contributed by atoms with Gasteiger partial charge in [-0.25, -0.2) is 5.43 Å². The van der Waals surface area contributed by atoms with Gasteiger partial charge in [0, 0.05) is 15.6 Å². The highest BCUT2D eigenvalue weighted by molar-refractivity contribution is 9.10. The number of amides is 2. The molecular formula is C23H26BrN3O5. The first-order valence-electron chi connectivity index (χ1n) is 10.3. The van der Waals surface area contributed by atoms with Crippen LogP contribution in [0.4, 0.5) is 0 Å². The van der Waals surface area contributed by atoms with Gasteiger partial charge in [-0.2, -0.15) is 5.10 Å².